The number of hydrogen-bond acceptors (Lipinski definition) is 4. The molecule has 5 heteroatoms. The molecule has 0 aliphatic heterocycles. The Kier molecular flexibility index (Phi) is 3.68. The minimum atomic E-state index is 0.0949. The Hall–Kier alpha value is -1.88. The van der Waals surface area contributed by atoms with E-state index in [0.717, 1.165) is 28.3 Å². The third kappa shape index (κ3) is 2.93. The van der Waals surface area contributed by atoms with Crippen molar-refractivity contribution in [3.8, 4) is 17.0 Å². The smallest absolute Gasteiger partial charge is 0.229 e. The van der Waals surface area contributed by atoms with Gasteiger partial charge in [0.15, 0.2) is 5.13 Å². The second-order valence-corrected chi connectivity index (χ2v) is 6.66. The third-order valence-electron chi connectivity index (χ3n) is 3.84. The van der Waals surface area contributed by atoms with Crippen molar-refractivity contribution in [1.82, 2.24) is 4.98 Å². The summed E-state index contributed by atoms with van der Waals surface area (Å²) < 4.78 is 5.16. The van der Waals surface area contributed by atoms with Crippen molar-refractivity contribution in [2.24, 2.45) is 11.8 Å². The molecule has 21 heavy (non-hydrogen) atoms. The fraction of sp³-hybridized carbons (Fsp3) is 0.375. The quantitative estimate of drug-likeness (QED) is 0.936. The standard InChI is InChI=1S/C16H18N2O2S/c1-9-8-13(9)15(19)18-16-17-14(10(2)21-16)11-4-6-12(20-3)7-5-11/h4-7,9,13H,8H2,1-3H3,(H,17,18,19)/t9-,13+/m1/s1. The van der Waals surface area contributed by atoms with Crippen LogP contribution in [0.1, 0.15) is 18.2 Å². The van der Waals surface area contributed by atoms with E-state index >= 15 is 0 Å². The van der Waals surface area contributed by atoms with Gasteiger partial charge < -0.3 is 10.1 Å². The van der Waals surface area contributed by atoms with Gasteiger partial charge in [-0.1, -0.05) is 6.92 Å². The molecule has 110 valence electrons. The van der Waals surface area contributed by atoms with Crippen LogP contribution in [0.5, 0.6) is 5.75 Å². The number of methoxy groups -OCH3 is 1. The molecule has 1 N–H and O–H groups in total. The third-order valence-corrected chi connectivity index (χ3v) is 4.72. The Morgan fingerprint density at radius 2 is 2.05 bits per heavy atom. The number of anilines is 1. The summed E-state index contributed by atoms with van der Waals surface area (Å²) in [7, 11) is 1.65. The van der Waals surface area contributed by atoms with E-state index in [4.69, 9.17) is 4.74 Å². The first-order valence-electron chi connectivity index (χ1n) is 7.01. The minimum absolute atomic E-state index is 0.0949. The number of carbonyl (C=O) groups is 1. The van der Waals surface area contributed by atoms with Gasteiger partial charge in [0.1, 0.15) is 5.75 Å². The van der Waals surface area contributed by atoms with Gasteiger partial charge in [0.25, 0.3) is 0 Å². The number of rotatable bonds is 4. The molecule has 0 radical (unpaired) electrons. The summed E-state index contributed by atoms with van der Waals surface area (Å²) in [6.07, 6.45) is 0.988. The van der Waals surface area contributed by atoms with Crippen molar-refractivity contribution in [3.05, 3.63) is 29.1 Å². The Labute approximate surface area is 128 Å². The van der Waals surface area contributed by atoms with Crippen LogP contribution in [0, 0.1) is 18.8 Å². The van der Waals surface area contributed by atoms with E-state index in [-0.39, 0.29) is 11.8 Å². The molecule has 1 aliphatic carbocycles. The number of ether oxygens (including phenoxy) is 1. The fourth-order valence-corrected chi connectivity index (χ4v) is 3.19. The van der Waals surface area contributed by atoms with Crippen LogP contribution >= 0.6 is 11.3 Å². The fourth-order valence-electron chi connectivity index (χ4n) is 2.35. The summed E-state index contributed by atoms with van der Waals surface area (Å²) in [6, 6.07) is 7.79. The van der Waals surface area contributed by atoms with E-state index in [0.29, 0.717) is 11.0 Å². The van der Waals surface area contributed by atoms with Crippen molar-refractivity contribution in [2.75, 3.05) is 12.4 Å². The summed E-state index contributed by atoms with van der Waals surface area (Å²) in [6.45, 7) is 4.12. The zero-order valence-corrected chi connectivity index (χ0v) is 13.2. The first-order valence-corrected chi connectivity index (χ1v) is 7.83. The molecule has 1 aromatic heterocycles. The van der Waals surface area contributed by atoms with E-state index in [1.54, 1.807) is 7.11 Å². The summed E-state index contributed by atoms with van der Waals surface area (Å²) in [4.78, 5) is 17.6. The zero-order valence-electron chi connectivity index (χ0n) is 12.3. The first-order chi connectivity index (χ1) is 10.1. The Bertz CT molecular complexity index is 663. The van der Waals surface area contributed by atoms with Gasteiger partial charge >= 0.3 is 0 Å². The van der Waals surface area contributed by atoms with Gasteiger partial charge in [-0.2, -0.15) is 0 Å². The number of carbonyl (C=O) groups excluding carboxylic acids is 1. The van der Waals surface area contributed by atoms with Crippen molar-refractivity contribution >= 4 is 22.4 Å². The van der Waals surface area contributed by atoms with Gasteiger partial charge in [-0.3, -0.25) is 4.79 Å². The summed E-state index contributed by atoms with van der Waals surface area (Å²) in [5.74, 6) is 1.59. The molecule has 1 aromatic carbocycles. The maximum absolute atomic E-state index is 12.0. The lowest BCUT2D eigenvalue weighted by molar-refractivity contribution is -0.117. The number of aryl methyl sites for hydroxylation is 1. The van der Waals surface area contributed by atoms with Gasteiger partial charge in [0, 0.05) is 16.4 Å². The van der Waals surface area contributed by atoms with Crippen molar-refractivity contribution < 1.29 is 9.53 Å². The number of hydrogen-bond donors (Lipinski definition) is 1. The van der Waals surface area contributed by atoms with E-state index in [1.807, 2.05) is 31.2 Å². The molecule has 0 saturated heterocycles. The van der Waals surface area contributed by atoms with Crippen LogP contribution in [0.2, 0.25) is 0 Å². The summed E-state index contributed by atoms with van der Waals surface area (Å²) in [5, 5.41) is 3.61. The van der Waals surface area contributed by atoms with Gasteiger partial charge in [0.2, 0.25) is 5.91 Å². The summed E-state index contributed by atoms with van der Waals surface area (Å²) in [5.41, 5.74) is 1.95. The van der Waals surface area contributed by atoms with Crippen LogP contribution in [0.15, 0.2) is 24.3 Å². The maximum atomic E-state index is 12.0. The van der Waals surface area contributed by atoms with Crippen molar-refractivity contribution in [2.45, 2.75) is 20.3 Å². The Morgan fingerprint density at radius 1 is 1.38 bits per heavy atom. The topological polar surface area (TPSA) is 51.2 Å². The first kappa shape index (κ1) is 14.1. The molecule has 1 saturated carbocycles. The Morgan fingerprint density at radius 3 is 2.62 bits per heavy atom. The lowest BCUT2D eigenvalue weighted by Crippen LogP contribution is -2.14. The number of aromatic nitrogens is 1. The number of amides is 1. The van der Waals surface area contributed by atoms with Crippen LogP contribution in [0.4, 0.5) is 5.13 Å². The van der Waals surface area contributed by atoms with Crippen LogP contribution in [0.25, 0.3) is 11.3 Å². The maximum Gasteiger partial charge on any atom is 0.229 e. The van der Waals surface area contributed by atoms with Crippen LogP contribution in [-0.4, -0.2) is 18.0 Å². The molecule has 1 fully saturated rings. The lowest BCUT2D eigenvalue weighted by Gasteiger charge is -2.02. The number of nitrogens with zero attached hydrogens (tertiary/aromatic N) is 1. The lowest BCUT2D eigenvalue weighted by atomic mass is 10.1. The monoisotopic (exact) mass is 302 g/mol. The molecule has 2 atom stereocenters. The molecule has 2 aromatic rings. The minimum Gasteiger partial charge on any atom is -0.497 e. The average Bonchev–Trinajstić information content (AvgIpc) is 3.11. The van der Waals surface area contributed by atoms with Crippen molar-refractivity contribution in [3.63, 3.8) is 0 Å². The molecule has 1 aliphatic rings. The van der Waals surface area contributed by atoms with E-state index < -0.39 is 0 Å². The van der Waals surface area contributed by atoms with Crippen LogP contribution < -0.4 is 10.1 Å². The molecular weight excluding hydrogens is 284 g/mol. The van der Waals surface area contributed by atoms with E-state index in [1.165, 1.54) is 11.3 Å². The highest BCUT2D eigenvalue weighted by molar-refractivity contribution is 7.16. The van der Waals surface area contributed by atoms with Crippen molar-refractivity contribution in [1.29, 1.82) is 0 Å². The number of nitrogens with one attached hydrogen (secondary N) is 1. The highest BCUT2D eigenvalue weighted by Gasteiger charge is 2.39. The van der Waals surface area contributed by atoms with Crippen LogP contribution in [-0.2, 0) is 4.79 Å². The zero-order chi connectivity index (χ0) is 15.0. The van der Waals surface area contributed by atoms with Gasteiger partial charge in [0.05, 0.1) is 12.8 Å². The van der Waals surface area contributed by atoms with Gasteiger partial charge in [-0.05, 0) is 43.5 Å². The van der Waals surface area contributed by atoms with E-state index in [2.05, 4.69) is 17.2 Å². The molecular formula is C16H18N2O2S. The average molecular weight is 302 g/mol. The number of benzene rings is 1. The molecule has 0 spiro atoms. The predicted molar refractivity (Wildman–Crippen MR) is 84.7 cm³/mol. The molecule has 1 amide bonds. The number of thiazole rings is 1. The molecule has 4 nitrogen and oxygen atoms in total. The normalized spacial score (nSPS) is 20.1. The molecule has 0 bridgehead atoms. The highest BCUT2D eigenvalue weighted by Crippen LogP contribution is 2.39. The van der Waals surface area contributed by atoms with E-state index in [9.17, 15) is 4.79 Å². The molecule has 3 rings (SSSR count). The second kappa shape index (κ2) is 5.48. The second-order valence-electron chi connectivity index (χ2n) is 5.46. The largest absolute Gasteiger partial charge is 0.497 e. The highest BCUT2D eigenvalue weighted by atomic mass is 32.1. The SMILES string of the molecule is COc1ccc(-c2nc(NC(=O)[C@H]3C[C@H]3C)sc2C)cc1. The molecule has 1 heterocycles. The molecule has 0 unspecified atom stereocenters. The van der Waals surface area contributed by atoms with Crippen LogP contribution in [0.3, 0.4) is 0 Å². The van der Waals surface area contributed by atoms with Gasteiger partial charge in [-0.15, -0.1) is 11.3 Å². The Balaban J connectivity index is 1.78. The predicted octanol–water partition coefficient (Wildman–Crippen LogP) is 3.72. The van der Waals surface area contributed by atoms with Gasteiger partial charge in [-0.25, -0.2) is 4.98 Å². The summed E-state index contributed by atoms with van der Waals surface area (Å²) >= 11 is 1.52.